The standard InChI is InChI=1S/C15H22ClNO/c1-12(14-8-2-3-9-15(14)16)17-10-4-6-13-7-5-11-18-13/h2-3,8-9,12-13,17H,4-7,10-11H2,1H3/t12-,13?/m0/s1. The first-order valence-electron chi connectivity index (χ1n) is 6.87. The van der Waals surface area contributed by atoms with Gasteiger partial charge in [0.25, 0.3) is 0 Å². The summed E-state index contributed by atoms with van der Waals surface area (Å²) in [7, 11) is 0. The summed E-state index contributed by atoms with van der Waals surface area (Å²) in [5.41, 5.74) is 1.18. The summed E-state index contributed by atoms with van der Waals surface area (Å²) in [5, 5.41) is 4.37. The molecular weight excluding hydrogens is 246 g/mol. The highest BCUT2D eigenvalue weighted by molar-refractivity contribution is 6.31. The summed E-state index contributed by atoms with van der Waals surface area (Å²) in [5.74, 6) is 0. The Bertz CT molecular complexity index is 363. The molecule has 0 saturated carbocycles. The van der Waals surface area contributed by atoms with E-state index in [1.165, 1.54) is 31.2 Å². The molecule has 0 bridgehead atoms. The average molecular weight is 268 g/mol. The van der Waals surface area contributed by atoms with Crippen molar-refractivity contribution in [3.8, 4) is 0 Å². The number of rotatable bonds is 6. The minimum atomic E-state index is 0.309. The van der Waals surface area contributed by atoms with E-state index >= 15 is 0 Å². The third kappa shape index (κ3) is 3.98. The number of hydrogen-bond acceptors (Lipinski definition) is 2. The third-order valence-electron chi connectivity index (χ3n) is 3.55. The van der Waals surface area contributed by atoms with Gasteiger partial charge in [-0.15, -0.1) is 0 Å². The quantitative estimate of drug-likeness (QED) is 0.788. The molecule has 1 unspecified atom stereocenters. The lowest BCUT2D eigenvalue weighted by molar-refractivity contribution is 0.102. The SMILES string of the molecule is C[C@H](NCCCC1CCCO1)c1ccccc1Cl. The van der Waals surface area contributed by atoms with E-state index in [2.05, 4.69) is 18.3 Å². The molecule has 0 spiro atoms. The van der Waals surface area contributed by atoms with Crippen molar-refractivity contribution in [2.75, 3.05) is 13.2 Å². The fourth-order valence-electron chi connectivity index (χ4n) is 2.46. The summed E-state index contributed by atoms with van der Waals surface area (Å²) in [6, 6.07) is 8.34. The van der Waals surface area contributed by atoms with Gasteiger partial charge in [-0.25, -0.2) is 0 Å². The molecular formula is C15H22ClNO. The normalized spacial score (nSPS) is 21.1. The zero-order valence-electron chi connectivity index (χ0n) is 11.0. The van der Waals surface area contributed by atoms with Gasteiger partial charge in [0.05, 0.1) is 6.10 Å². The van der Waals surface area contributed by atoms with E-state index in [1.54, 1.807) is 0 Å². The van der Waals surface area contributed by atoms with E-state index in [9.17, 15) is 0 Å². The maximum atomic E-state index is 6.18. The largest absolute Gasteiger partial charge is 0.378 e. The highest BCUT2D eigenvalue weighted by Gasteiger charge is 2.15. The number of hydrogen-bond donors (Lipinski definition) is 1. The fourth-order valence-corrected chi connectivity index (χ4v) is 2.76. The van der Waals surface area contributed by atoms with Crippen LogP contribution in [0.4, 0.5) is 0 Å². The fraction of sp³-hybridized carbons (Fsp3) is 0.600. The lowest BCUT2D eigenvalue weighted by Crippen LogP contribution is -2.21. The van der Waals surface area contributed by atoms with Crippen LogP contribution in [0, 0.1) is 0 Å². The van der Waals surface area contributed by atoms with Crippen molar-refractivity contribution in [3.05, 3.63) is 34.9 Å². The molecule has 1 saturated heterocycles. The Hall–Kier alpha value is -0.570. The van der Waals surface area contributed by atoms with Crippen molar-refractivity contribution < 1.29 is 4.74 Å². The first-order chi connectivity index (χ1) is 8.77. The number of ether oxygens (including phenoxy) is 1. The second-order valence-corrected chi connectivity index (χ2v) is 5.38. The topological polar surface area (TPSA) is 21.3 Å². The van der Waals surface area contributed by atoms with Gasteiger partial charge in [-0.05, 0) is 50.8 Å². The molecule has 0 radical (unpaired) electrons. The van der Waals surface area contributed by atoms with E-state index in [-0.39, 0.29) is 0 Å². The summed E-state index contributed by atoms with van der Waals surface area (Å²) in [6.45, 7) is 4.13. The van der Waals surface area contributed by atoms with E-state index in [0.29, 0.717) is 12.1 Å². The van der Waals surface area contributed by atoms with Crippen molar-refractivity contribution in [1.82, 2.24) is 5.32 Å². The van der Waals surface area contributed by atoms with Crippen molar-refractivity contribution in [2.45, 2.75) is 44.8 Å². The predicted octanol–water partition coefficient (Wildman–Crippen LogP) is 3.95. The molecule has 3 heteroatoms. The molecule has 0 amide bonds. The molecule has 1 heterocycles. The van der Waals surface area contributed by atoms with Crippen LogP contribution >= 0.6 is 11.6 Å². The molecule has 2 nitrogen and oxygen atoms in total. The lowest BCUT2D eigenvalue weighted by Gasteiger charge is -2.16. The summed E-state index contributed by atoms with van der Waals surface area (Å²) >= 11 is 6.18. The van der Waals surface area contributed by atoms with Gasteiger partial charge < -0.3 is 10.1 Å². The molecule has 1 aromatic carbocycles. The second-order valence-electron chi connectivity index (χ2n) is 4.97. The number of benzene rings is 1. The van der Waals surface area contributed by atoms with Gasteiger partial charge in [0, 0.05) is 17.7 Å². The van der Waals surface area contributed by atoms with E-state index in [4.69, 9.17) is 16.3 Å². The van der Waals surface area contributed by atoms with Gasteiger partial charge in [-0.3, -0.25) is 0 Å². The minimum Gasteiger partial charge on any atom is -0.378 e. The Labute approximate surface area is 115 Å². The predicted molar refractivity (Wildman–Crippen MR) is 76.1 cm³/mol. The van der Waals surface area contributed by atoms with Crippen molar-refractivity contribution in [3.63, 3.8) is 0 Å². The molecule has 18 heavy (non-hydrogen) atoms. The smallest absolute Gasteiger partial charge is 0.0576 e. The molecule has 2 rings (SSSR count). The van der Waals surface area contributed by atoms with Gasteiger partial charge in [-0.1, -0.05) is 29.8 Å². The third-order valence-corrected chi connectivity index (χ3v) is 3.89. The maximum absolute atomic E-state index is 6.18. The summed E-state index contributed by atoms with van der Waals surface area (Å²) in [4.78, 5) is 0. The maximum Gasteiger partial charge on any atom is 0.0576 e. The van der Waals surface area contributed by atoms with Crippen molar-refractivity contribution >= 4 is 11.6 Å². The molecule has 100 valence electrons. The van der Waals surface area contributed by atoms with Crippen LogP contribution < -0.4 is 5.32 Å². The van der Waals surface area contributed by atoms with Crippen molar-refractivity contribution in [2.24, 2.45) is 0 Å². The molecule has 1 N–H and O–H groups in total. The van der Waals surface area contributed by atoms with Gasteiger partial charge >= 0.3 is 0 Å². The van der Waals surface area contributed by atoms with Gasteiger partial charge in [0.15, 0.2) is 0 Å². The Balaban J connectivity index is 1.68. The second kappa shape index (κ2) is 7.13. The molecule has 2 atom stereocenters. The Morgan fingerprint density at radius 3 is 3.00 bits per heavy atom. The van der Waals surface area contributed by atoms with Crippen LogP contribution in [-0.4, -0.2) is 19.3 Å². The first-order valence-corrected chi connectivity index (χ1v) is 7.24. The summed E-state index contributed by atoms with van der Waals surface area (Å²) in [6.07, 6.45) is 5.30. The molecule has 1 fully saturated rings. The Morgan fingerprint density at radius 2 is 2.28 bits per heavy atom. The van der Waals surface area contributed by atoms with Gasteiger partial charge in [0.2, 0.25) is 0 Å². The summed E-state index contributed by atoms with van der Waals surface area (Å²) < 4.78 is 5.61. The number of nitrogens with one attached hydrogen (secondary N) is 1. The van der Waals surface area contributed by atoms with Crippen LogP contribution in [0.15, 0.2) is 24.3 Å². The van der Waals surface area contributed by atoms with E-state index in [0.717, 1.165) is 18.2 Å². The van der Waals surface area contributed by atoms with Crippen LogP contribution in [-0.2, 0) is 4.74 Å². The molecule has 0 aromatic heterocycles. The van der Waals surface area contributed by atoms with Crippen molar-refractivity contribution in [1.29, 1.82) is 0 Å². The van der Waals surface area contributed by atoms with Gasteiger partial charge in [0.1, 0.15) is 0 Å². The number of halogens is 1. The van der Waals surface area contributed by atoms with Crippen LogP contribution in [0.2, 0.25) is 5.02 Å². The van der Waals surface area contributed by atoms with Crippen LogP contribution in [0.5, 0.6) is 0 Å². The van der Waals surface area contributed by atoms with E-state index < -0.39 is 0 Å². The molecule has 0 aliphatic carbocycles. The highest BCUT2D eigenvalue weighted by Crippen LogP contribution is 2.22. The highest BCUT2D eigenvalue weighted by atomic mass is 35.5. The monoisotopic (exact) mass is 267 g/mol. The lowest BCUT2D eigenvalue weighted by atomic mass is 10.1. The zero-order valence-corrected chi connectivity index (χ0v) is 11.7. The molecule has 1 aliphatic heterocycles. The van der Waals surface area contributed by atoms with Gasteiger partial charge in [-0.2, -0.15) is 0 Å². The van der Waals surface area contributed by atoms with Crippen LogP contribution in [0.3, 0.4) is 0 Å². The zero-order chi connectivity index (χ0) is 12.8. The minimum absolute atomic E-state index is 0.309. The average Bonchev–Trinajstić information content (AvgIpc) is 2.88. The van der Waals surface area contributed by atoms with Crippen LogP contribution in [0.25, 0.3) is 0 Å². The van der Waals surface area contributed by atoms with E-state index in [1.807, 2.05) is 18.2 Å². The molecule has 1 aliphatic rings. The Morgan fingerprint density at radius 1 is 1.44 bits per heavy atom. The Kier molecular flexibility index (Phi) is 5.48. The van der Waals surface area contributed by atoms with Crippen LogP contribution in [0.1, 0.15) is 44.2 Å². The first kappa shape index (κ1) is 13.9. The molecule has 1 aromatic rings.